The fraction of sp³-hybridized carbons (Fsp3) is 0.368. The van der Waals surface area contributed by atoms with E-state index in [2.05, 4.69) is 34.5 Å². The van der Waals surface area contributed by atoms with Crippen molar-refractivity contribution in [1.29, 1.82) is 0 Å². The Morgan fingerprint density at radius 3 is 2.65 bits per heavy atom. The molecule has 0 amide bonds. The minimum absolute atomic E-state index is 0.718. The van der Waals surface area contributed by atoms with Crippen LogP contribution in [0.25, 0.3) is 0 Å². The molecule has 3 rings (SSSR count). The summed E-state index contributed by atoms with van der Waals surface area (Å²) in [4.78, 5) is 2.38. The number of rotatable bonds is 7. The summed E-state index contributed by atoms with van der Waals surface area (Å²) in [5.41, 5.74) is 2.35. The largest absolute Gasteiger partial charge is 0.492 e. The standard InChI is InChI=1S/C19H24N2O2/c1-2-6-18(7-3-1)20-16-17-5-4-8-19(15-17)23-14-11-21-9-12-22-13-10-21/h1-8,15,20H,9-14,16H2. The van der Waals surface area contributed by atoms with Crippen LogP contribution in [0, 0.1) is 0 Å². The van der Waals surface area contributed by atoms with Crippen LogP contribution in [0.15, 0.2) is 54.6 Å². The first-order chi connectivity index (χ1) is 11.4. The average Bonchev–Trinajstić information content (AvgIpc) is 2.62. The van der Waals surface area contributed by atoms with Crippen molar-refractivity contribution in [2.75, 3.05) is 44.8 Å². The molecule has 1 heterocycles. The molecule has 4 nitrogen and oxygen atoms in total. The van der Waals surface area contributed by atoms with Crippen LogP contribution in [0.5, 0.6) is 5.75 Å². The molecule has 0 bridgehead atoms. The smallest absolute Gasteiger partial charge is 0.119 e. The minimum Gasteiger partial charge on any atom is -0.492 e. The van der Waals surface area contributed by atoms with Crippen LogP contribution in [0.2, 0.25) is 0 Å². The monoisotopic (exact) mass is 312 g/mol. The number of morpholine rings is 1. The Kier molecular flexibility index (Phi) is 5.89. The summed E-state index contributed by atoms with van der Waals surface area (Å²) in [7, 11) is 0. The predicted molar refractivity (Wildman–Crippen MR) is 93.0 cm³/mol. The van der Waals surface area contributed by atoms with Crippen LogP contribution in [0.3, 0.4) is 0 Å². The van der Waals surface area contributed by atoms with E-state index < -0.39 is 0 Å². The van der Waals surface area contributed by atoms with E-state index in [-0.39, 0.29) is 0 Å². The summed E-state index contributed by atoms with van der Waals surface area (Å²) >= 11 is 0. The summed E-state index contributed by atoms with van der Waals surface area (Å²) in [6.45, 7) is 6.15. The number of anilines is 1. The number of nitrogens with zero attached hydrogens (tertiary/aromatic N) is 1. The van der Waals surface area contributed by atoms with Crippen LogP contribution < -0.4 is 10.1 Å². The Morgan fingerprint density at radius 1 is 1.00 bits per heavy atom. The Hall–Kier alpha value is -2.04. The van der Waals surface area contributed by atoms with Crippen LogP contribution in [0.1, 0.15) is 5.56 Å². The van der Waals surface area contributed by atoms with E-state index in [1.54, 1.807) is 0 Å². The summed E-state index contributed by atoms with van der Waals surface area (Å²) in [6.07, 6.45) is 0. The van der Waals surface area contributed by atoms with Crippen LogP contribution in [-0.4, -0.2) is 44.4 Å². The highest BCUT2D eigenvalue weighted by Gasteiger charge is 2.09. The predicted octanol–water partition coefficient (Wildman–Crippen LogP) is 3.01. The maximum absolute atomic E-state index is 5.89. The molecule has 1 saturated heterocycles. The van der Waals surface area contributed by atoms with Crippen molar-refractivity contribution in [1.82, 2.24) is 4.90 Å². The van der Waals surface area contributed by atoms with Crippen LogP contribution in [-0.2, 0) is 11.3 Å². The zero-order chi connectivity index (χ0) is 15.7. The van der Waals surface area contributed by atoms with Gasteiger partial charge in [-0.3, -0.25) is 4.90 Å². The maximum Gasteiger partial charge on any atom is 0.119 e. The lowest BCUT2D eigenvalue weighted by Crippen LogP contribution is -2.38. The molecule has 0 aromatic heterocycles. The van der Waals surface area contributed by atoms with E-state index in [0.717, 1.165) is 57.4 Å². The van der Waals surface area contributed by atoms with Crippen molar-refractivity contribution in [3.63, 3.8) is 0 Å². The summed E-state index contributed by atoms with van der Waals surface area (Å²) in [5, 5.41) is 3.42. The molecule has 1 N–H and O–H groups in total. The van der Waals surface area contributed by atoms with Crippen LogP contribution in [0.4, 0.5) is 5.69 Å². The number of benzene rings is 2. The van der Waals surface area contributed by atoms with Gasteiger partial charge < -0.3 is 14.8 Å². The van der Waals surface area contributed by atoms with Crippen molar-refractivity contribution >= 4 is 5.69 Å². The molecule has 0 unspecified atom stereocenters. The number of hydrogen-bond acceptors (Lipinski definition) is 4. The van der Waals surface area contributed by atoms with Crippen molar-refractivity contribution in [3.8, 4) is 5.75 Å². The van der Waals surface area contributed by atoms with E-state index in [4.69, 9.17) is 9.47 Å². The molecular weight excluding hydrogens is 288 g/mol. The van der Waals surface area contributed by atoms with Crippen molar-refractivity contribution in [2.45, 2.75) is 6.54 Å². The number of para-hydroxylation sites is 1. The van der Waals surface area contributed by atoms with E-state index in [9.17, 15) is 0 Å². The van der Waals surface area contributed by atoms with Gasteiger partial charge in [0.1, 0.15) is 12.4 Å². The van der Waals surface area contributed by atoms with Crippen LogP contribution >= 0.6 is 0 Å². The summed E-state index contributed by atoms with van der Waals surface area (Å²) in [6, 6.07) is 18.5. The molecule has 2 aromatic rings. The molecule has 0 atom stereocenters. The van der Waals surface area contributed by atoms with Crippen molar-refractivity contribution in [3.05, 3.63) is 60.2 Å². The van der Waals surface area contributed by atoms with Crippen molar-refractivity contribution < 1.29 is 9.47 Å². The van der Waals surface area contributed by atoms with Crippen molar-refractivity contribution in [2.24, 2.45) is 0 Å². The number of nitrogens with one attached hydrogen (secondary N) is 1. The molecule has 1 aliphatic heterocycles. The fourth-order valence-corrected chi connectivity index (χ4v) is 2.62. The van der Waals surface area contributed by atoms with Gasteiger partial charge in [-0.1, -0.05) is 30.3 Å². The highest BCUT2D eigenvalue weighted by Crippen LogP contribution is 2.15. The summed E-state index contributed by atoms with van der Waals surface area (Å²) < 4.78 is 11.2. The molecule has 0 aliphatic carbocycles. The maximum atomic E-state index is 5.89. The molecule has 0 saturated carbocycles. The minimum atomic E-state index is 0.718. The molecule has 2 aromatic carbocycles. The van der Waals surface area contributed by atoms with Gasteiger partial charge in [-0.05, 0) is 29.8 Å². The fourth-order valence-electron chi connectivity index (χ4n) is 2.62. The van der Waals surface area contributed by atoms with E-state index in [1.165, 1.54) is 5.56 Å². The zero-order valence-electron chi connectivity index (χ0n) is 13.4. The average molecular weight is 312 g/mol. The normalized spacial score (nSPS) is 15.3. The first kappa shape index (κ1) is 15.8. The highest BCUT2D eigenvalue weighted by molar-refractivity contribution is 5.43. The first-order valence-corrected chi connectivity index (χ1v) is 8.21. The van der Waals surface area contributed by atoms with Gasteiger partial charge in [0, 0.05) is 31.9 Å². The number of hydrogen-bond donors (Lipinski definition) is 1. The second-order valence-corrected chi connectivity index (χ2v) is 5.67. The molecule has 1 aliphatic rings. The van der Waals surface area contributed by atoms with Gasteiger partial charge in [-0.2, -0.15) is 0 Å². The molecule has 1 fully saturated rings. The van der Waals surface area contributed by atoms with Gasteiger partial charge in [-0.25, -0.2) is 0 Å². The lowest BCUT2D eigenvalue weighted by Gasteiger charge is -2.26. The van der Waals surface area contributed by atoms with Gasteiger partial charge in [0.05, 0.1) is 13.2 Å². The summed E-state index contributed by atoms with van der Waals surface area (Å²) in [5.74, 6) is 0.936. The SMILES string of the molecule is c1ccc(NCc2cccc(OCCN3CCOCC3)c2)cc1. The Morgan fingerprint density at radius 2 is 1.83 bits per heavy atom. The zero-order valence-corrected chi connectivity index (χ0v) is 13.4. The third kappa shape index (κ3) is 5.27. The van der Waals surface area contributed by atoms with Gasteiger partial charge >= 0.3 is 0 Å². The molecule has 0 radical (unpaired) electrons. The number of ether oxygens (including phenoxy) is 2. The molecule has 122 valence electrons. The third-order valence-electron chi connectivity index (χ3n) is 3.95. The molecule has 4 heteroatoms. The Balaban J connectivity index is 1.45. The first-order valence-electron chi connectivity index (χ1n) is 8.21. The highest BCUT2D eigenvalue weighted by atomic mass is 16.5. The topological polar surface area (TPSA) is 33.7 Å². The quantitative estimate of drug-likeness (QED) is 0.852. The Bertz CT molecular complexity index is 583. The lowest BCUT2D eigenvalue weighted by atomic mass is 10.2. The third-order valence-corrected chi connectivity index (χ3v) is 3.95. The second-order valence-electron chi connectivity index (χ2n) is 5.67. The van der Waals surface area contributed by atoms with Gasteiger partial charge in [0.15, 0.2) is 0 Å². The lowest BCUT2D eigenvalue weighted by molar-refractivity contribution is 0.0322. The van der Waals surface area contributed by atoms with Gasteiger partial charge in [0.25, 0.3) is 0 Å². The Labute approximate surface area is 138 Å². The molecule has 0 spiro atoms. The van der Waals surface area contributed by atoms with E-state index in [0.29, 0.717) is 0 Å². The van der Waals surface area contributed by atoms with Gasteiger partial charge in [-0.15, -0.1) is 0 Å². The van der Waals surface area contributed by atoms with E-state index in [1.807, 2.05) is 30.3 Å². The van der Waals surface area contributed by atoms with Gasteiger partial charge in [0.2, 0.25) is 0 Å². The van der Waals surface area contributed by atoms with E-state index >= 15 is 0 Å². The second kappa shape index (κ2) is 8.56. The molecular formula is C19H24N2O2. The molecule has 23 heavy (non-hydrogen) atoms.